The lowest BCUT2D eigenvalue weighted by molar-refractivity contribution is -0.116. The Labute approximate surface area is 147 Å². The molecule has 1 N–H and O–H groups in total. The van der Waals surface area contributed by atoms with Crippen LogP contribution in [-0.4, -0.2) is 24.1 Å². The lowest BCUT2D eigenvalue weighted by Crippen LogP contribution is -2.15. The van der Waals surface area contributed by atoms with Crippen LogP contribution >= 0.6 is 11.3 Å². The van der Waals surface area contributed by atoms with E-state index in [4.69, 9.17) is 9.47 Å². The maximum Gasteiger partial charge on any atom is 0.226 e. The summed E-state index contributed by atoms with van der Waals surface area (Å²) in [6, 6.07) is 9.87. The fraction of sp³-hybridized carbons (Fsp3) is 0.222. The molecular weight excluding hydrogens is 343 g/mol. The molecule has 128 valence electrons. The number of amides is 1. The van der Waals surface area contributed by atoms with Gasteiger partial charge in [-0.25, -0.2) is 9.37 Å². The topological polar surface area (TPSA) is 60.5 Å². The molecule has 0 fully saturated rings. The molecule has 3 aromatic rings. The van der Waals surface area contributed by atoms with Crippen molar-refractivity contribution in [3.63, 3.8) is 0 Å². The number of halogens is 1. The minimum absolute atomic E-state index is 0.124. The lowest BCUT2D eigenvalue weighted by atomic mass is 10.1. The molecule has 1 amide bonds. The second-order valence-electron chi connectivity index (χ2n) is 5.66. The molecule has 2 heterocycles. The molecule has 0 saturated heterocycles. The standard InChI is InChI=1S/C18H15FN2O3S/c19-12-4-1-11(2-5-12)3-6-17(22)21-18-20-13-9-14-15(10-16(13)25-18)24-8-7-23-14/h1-2,4-5,9-10H,3,6-8H2,(H,20,21,22). The van der Waals surface area contributed by atoms with Gasteiger partial charge in [-0.1, -0.05) is 23.5 Å². The van der Waals surface area contributed by atoms with E-state index in [1.165, 1.54) is 23.5 Å². The number of nitrogens with zero attached hydrogens (tertiary/aromatic N) is 1. The number of rotatable bonds is 4. The fourth-order valence-electron chi connectivity index (χ4n) is 2.61. The summed E-state index contributed by atoms with van der Waals surface area (Å²) >= 11 is 1.39. The molecule has 1 aliphatic heterocycles. The van der Waals surface area contributed by atoms with E-state index in [0.717, 1.165) is 15.8 Å². The Hall–Kier alpha value is -2.67. The van der Waals surface area contributed by atoms with Crippen molar-refractivity contribution in [1.29, 1.82) is 0 Å². The van der Waals surface area contributed by atoms with Gasteiger partial charge in [0, 0.05) is 18.6 Å². The summed E-state index contributed by atoms with van der Waals surface area (Å²) in [5, 5.41) is 3.36. The van der Waals surface area contributed by atoms with Crippen molar-refractivity contribution in [1.82, 2.24) is 4.98 Å². The SMILES string of the molecule is O=C(CCc1ccc(F)cc1)Nc1nc2cc3c(cc2s1)OCCO3. The largest absolute Gasteiger partial charge is 0.486 e. The van der Waals surface area contributed by atoms with Crippen molar-refractivity contribution in [2.45, 2.75) is 12.8 Å². The first-order valence-electron chi connectivity index (χ1n) is 7.92. The third kappa shape index (κ3) is 3.56. The van der Waals surface area contributed by atoms with Crippen molar-refractivity contribution in [3.8, 4) is 11.5 Å². The van der Waals surface area contributed by atoms with E-state index in [-0.39, 0.29) is 11.7 Å². The van der Waals surface area contributed by atoms with Gasteiger partial charge in [-0.05, 0) is 24.1 Å². The number of benzene rings is 2. The van der Waals surface area contributed by atoms with E-state index >= 15 is 0 Å². The van der Waals surface area contributed by atoms with Crippen LogP contribution in [0.4, 0.5) is 9.52 Å². The van der Waals surface area contributed by atoms with Crippen LogP contribution in [0.5, 0.6) is 11.5 Å². The first-order chi connectivity index (χ1) is 12.2. The molecule has 2 aromatic carbocycles. The third-order valence-electron chi connectivity index (χ3n) is 3.85. The number of aryl methyl sites for hydroxylation is 1. The summed E-state index contributed by atoms with van der Waals surface area (Å²) in [6.07, 6.45) is 0.858. The average Bonchev–Trinajstić information content (AvgIpc) is 3.00. The number of aromatic nitrogens is 1. The molecule has 0 atom stereocenters. The monoisotopic (exact) mass is 358 g/mol. The smallest absolute Gasteiger partial charge is 0.226 e. The van der Waals surface area contributed by atoms with E-state index in [1.807, 2.05) is 12.1 Å². The molecule has 5 nitrogen and oxygen atoms in total. The molecule has 25 heavy (non-hydrogen) atoms. The molecule has 1 aliphatic rings. The molecule has 0 saturated carbocycles. The highest BCUT2D eigenvalue weighted by atomic mass is 32.1. The van der Waals surface area contributed by atoms with Gasteiger partial charge in [-0.15, -0.1) is 0 Å². The van der Waals surface area contributed by atoms with Crippen molar-refractivity contribution in [3.05, 3.63) is 47.8 Å². The number of thiazole rings is 1. The summed E-state index contributed by atoms with van der Waals surface area (Å²) in [4.78, 5) is 16.5. The highest BCUT2D eigenvalue weighted by Crippen LogP contribution is 2.37. The number of ether oxygens (including phenoxy) is 2. The van der Waals surface area contributed by atoms with Gasteiger partial charge in [-0.2, -0.15) is 0 Å². The van der Waals surface area contributed by atoms with Crippen LogP contribution in [0.1, 0.15) is 12.0 Å². The maximum atomic E-state index is 12.9. The van der Waals surface area contributed by atoms with E-state index in [1.54, 1.807) is 12.1 Å². The normalized spacial score (nSPS) is 13.0. The Morgan fingerprint density at radius 1 is 1.16 bits per heavy atom. The van der Waals surface area contributed by atoms with Gasteiger partial charge in [0.2, 0.25) is 5.91 Å². The second-order valence-corrected chi connectivity index (χ2v) is 6.69. The van der Waals surface area contributed by atoms with Gasteiger partial charge in [0.05, 0.1) is 10.2 Å². The lowest BCUT2D eigenvalue weighted by Gasteiger charge is -2.17. The summed E-state index contributed by atoms with van der Waals surface area (Å²) in [6.45, 7) is 1.06. The maximum absolute atomic E-state index is 12.9. The average molecular weight is 358 g/mol. The third-order valence-corrected chi connectivity index (χ3v) is 4.79. The predicted octanol–water partition coefficient (Wildman–Crippen LogP) is 3.78. The molecule has 0 bridgehead atoms. The molecule has 7 heteroatoms. The molecule has 0 spiro atoms. The number of anilines is 1. The van der Waals surface area contributed by atoms with Gasteiger partial charge in [-0.3, -0.25) is 4.79 Å². The molecule has 0 aliphatic carbocycles. The van der Waals surface area contributed by atoms with Crippen LogP contribution in [0, 0.1) is 5.82 Å². The zero-order valence-corrected chi connectivity index (χ0v) is 14.1. The van der Waals surface area contributed by atoms with Gasteiger partial charge in [0.15, 0.2) is 16.6 Å². The van der Waals surface area contributed by atoms with E-state index < -0.39 is 0 Å². The molecule has 4 rings (SSSR count). The molecule has 1 aromatic heterocycles. The number of nitrogens with one attached hydrogen (secondary N) is 1. The van der Waals surface area contributed by atoms with Crippen LogP contribution in [0.15, 0.2) is 36.4 Å². The summed E-state index contributed by atoms with van der Waals surface area (Å²) in [7, 11) is 0. The Bertz CT molecular complexity index is 881. The van der Waals surface area contributed by atoms with Gasteiger partial charge < -0.3 is 14.8 Å². The van der Waals surface area contributed by atoms with Crippen molar-refractivity contribution < 1.29 is 18.7 Å². The van der Waals surface area contributed by atoms with Crippen LogP contribution in [0.25, 0.3) is 10.2 Å². The fourth-order valence-corrected chi connectivity index (χ4v) is 3.50. The Morgan fingerprint density at radius 3 is 2.64 bits per heavy atom. The van der Waals surface area contributed by atoms with E-state index in [2.05, 4.69) is 10.3 Å². The van der Waals surface area contributed by atoms with Crippen LogP contribution in [0.3, 0.4) is 0 Å². The first kappa shape index (κ1) is 15.8. The summed E-state index contributed by atoms with van der Waals surface area (Å²) in [5.74, 6) is 0.980. The Morgan fingerprint density at radius 2 is 1.88 bits per heavy atom. The van der Waals surface area contributed by atoms with Gasteiger partial charge in [0.25, 0.3) is 0 Å². The van der Waals surface area contributed by atoms with E-state index in [9.17, 15) is 9.18 Å². The summed E-state index contributed by atoms with van der Waals surface area (Å²) < 4.78 is 24.9. The van der Waals surface area contributed by atoms with Gasteiger partial charge >= 0.3 is 0 Å². The molecule has 0 radical (unpaired) electrons. The minimum atomic E-state index is -0.279. The minimum Gasteiger partial charge on any atom is -0.486 e. The molecule has 0 unspecified atom stereocenters. The van der Waals surface area contributed by atoms with Crippen LogP contribution in [0.2, 0.25) is 0 Å². The Balaban J connectivity index is 1.43. The Kier molecular flexibility index (Phi) is 4.23. The number of carbonyl (C=O) groups excluding carboxylic acids is 1. The van der Waals surface area contributed by atoms with Crippen LogP contribution < -0.4 is 14.8 Å². The van der Waals surface area contributed by atoms with Crippen LogP contribution in [-0.2, 0) is 11.2 Å². The first-order valence-corrected chi connectivity index (χ1v) is 8.73. The second kappa shape index (κ2) is 6.68. The highest BCUT2D eigenvalue weighted by Gasteiger charge is 2.16. The van der Waals surface area contributed by atoms with Crippen molar-refractivity contribution in [2.75, 3.05) is 18.5 Å². The zero-order valence-electron chi connectivity index (χ0n) is 13.3. The predicted molar refractivity (Wildman–Crippen MR) is 94.0 cm³/mol. The highest BCUT2D eigenvalue weighted by molar-refractivity contribution is 7.22. The zero-order chi connectivity index (χ0) is 17.2. The summed E-state index contributed by atoms with van der Waals surface area (Å²) in [5.41, 5.74) is 1.69. The van der Waals surface area contributed by atoms with Gasteiger partial charge in [0.1, 0.15) is 19.0 Å². The number of carbonyl (C=O) groups is 1. The number of hydrogen-bond donors (Lipinski definition) is 1. The number of hydrogen-bond acceptors (Lipinski definition) is 5. The van der Waals surface area contributed by atoms with Crippen molar-refractivity contribution >= 4 is 32.6 Å². The number of fused-ring (bicyclic) bond motifs is 2. The van der Waals surface area contributed by atoms with Crippen molar-refractivity contribution in [2.24, 2.45) is 0 Å². The quantitative estimate of drug-likeness (QED) is 0.771. The van der Waals surface area contributed by atoms with E-state index in [0.29, 0.717) is 42.7 Å². The molecular formula is C18H15FN2O3S.